The number of hydrogen-bond donors (Lipinski definition) is 0. The van der Waals surface area contributed by atoms with Crippen LogP contribution in [0.2, 0.25) is 0 Å². The molecule has 140 valence electrons. The molecular formula is C17H23N5O4. The number of hydrogen-bond acceptors (Lipinski definition) is 6. The van der Waals surface area contributed by atoms with E-state index in [-0.39, 0.29) is 18.0 Å². The number of furan rings is 1. The Balaban J connectivity index is 1.49. The van der Waals surface area contributed by atoms with Crippen molar-refractivity contribution in [2.75, 3.05) is 26.2 Å². The summed E-state index contributed by atoms with van der Waals surface area (Å²) in [6, 6.07) is 3.82. The van der Waals surface area contributed by atoms with E-state index in [9.17, 15) is 14.9 Å². The van der Waals surface area contributed by atoms with Gasteiger partial charge in [0.25, 0.3) is 0 Å². The van der Waals surface area contributed by atoms with E-state index in [2.05, 4.69) is 10.00 Å². The molecule has 9 heteroatoms. The van der Waals surface area contributed by atoms with E-state index in [4.69, 9.17) is 4.42 Å². The molecule has 0 N–H and O–H groups in total. The largest absolute Gasteiger partial charge is 0.468 e. The number of nitrogens with zero attached hydrogens (tertiary/aromatic N) is 5. The summed E-state index contributed by atoms with van der Waals surface area (Å²) in [6.45, 7) is 7.34. The van der Waals surface area contributed by atoms with Crippen molar-refractivity contribution >= 4 is 11.6 Å². The van der Waals surface area contributed by atoms with Crippen LogP contribution in [0.1, 0.15) is 23.6 Å². The third kappa shape index (κ3) is 3.93. The number of aryl methyl sites for hydroxylation is 2. The summed E-state index contributed by atoms with van der Waals surface area (Å²) >= 11 is 0. The van der Waals surface area contributed by atoms with Gasteiger partial charge in [-0.3, -0.25) is 24.5 Å². The van der Waals surface area contributed by atoms with E-state index >= 15 is 0 Å². The van der Waals surface area contributed by atoms with Crippen molar-refractivity contribution in [1.82, 2.24) is 19.6 Å². The predicted molar refractivity (Wildman–Crippen MR) is 93.5 cm³/mol. The summed E-state index contributed by atoms with van der Waals surface area (Å²) in [5, 5.41) is 15.2. The first-order chi connectivity index (χ1) is 12.5. The van der Waals surface area contributed by atoms with E-state index in [1.165, 1.54) is 0 Å². The molecule has 26 heavy (non-hydrogen) atoms. The fourth-order valence-electron chi connectivity index (χ4n) is 3.31. The fourth-order valence-corrected chi connectivity index (χ4v) is 3.31. The first-order valence-electron chi connectivity index (χ1n) is 8.66. The Hall–Kier alpha value is -2.68. The first-order valence-corrected chi connectivity index (χ1v) is 8.66. The van der Waals surface area contributed by atoms with Gasteiger partial charge in [0.05, 0.1) is 24.3 Å². The first kappa shape index (κ1) is 18.1. The Bertz CT molecular complexity index is 775. The number of nitro groups is 1. The van der Waals surface area contributed by atoms with Crippen molar-refractivity contribution in [2.45, 2.75) is 33.4 Å². The van der Waals surface area contributed by atoms with Gasteiger partial charge in [0, 0.05) is 32.6 Å². The van der Waals surface area contributed by atoms with Crippen LogP contribution < -0.4 is 0 Å². The van der Waals surface area contributed by atoms with Crippen LogP contribution >= 0.6 is 0 Å². The van der Waals surface area contributed by atoms with Gasteiger partial charge in [-0.2, -0.15) is 5.10 Å². The van der Waals surface area contributed by atoms with Crippen LogP contribution in [0.4, 0.5) is 5.69 Å². The van der Waals surface area contributed by atoms with Gasteiger partial charge >= 0.3 is 5.69 Å². The molecule has 1 amide bonds. The third-order valence-corrected chi connectivity index (χ3v) is 4.75. The molecule has 1 aliphatic rings. The van der Waals surface area contributed by atoms with E-state index < -0.39 is 4.92 Å². The number of piperazine rings is 1. The van der Waals surface area contributed by atoms with Crippen molar-refractivity contribution in [2.24, 2.45) is 0 Å². The monoisotopic (exact) mass is 361 g/mol. The molecule has 1 aliphatic heterocycles. The quantitative estimate of drug-likeness (QED) is 0.574. The minimum absolute atomic E-state index is 0.0315. The van der Waals surface area contributed by atoms with Crippen molar-refractivity contribution in [3.63, 3.8) is 0 Å². The minimum Gasteiger partial charge on any atom is -0.468 e. The fraction of sp³-hybridized carbons (Fsp3) is 0.529. The number of carbonyl (C=O) groups excluding carboxylic acids is 1. The van der Waals surface area contributed by atoms with E-state index in [1.807, 2.05) is 17.0 Å². The number of amides is 1. The van der Waals surface area contributed by atoms with Gasteiger partial charge in [0.2, 0.25) is 5.91 Å². The highest BCUT2D eigenvalue weighted by Crippen LogP contribution is 2.22. The zero-order valence-corrected chi connectivity index (χ0v) is 15.1. The summed E-state index contributed by atoms with van der Waals surface area (Å²) in [7, 11) is 0. The molecule has 2 aromatic rings. The standard InChI is InChI=1S/C17H23N5O4/c1-13-17(22(24)25)14(2)21(18-13)6-5-16(23)20-9-7-19(8-10-20)12-15-4-3-11-26-15/h3-4,11H,5-10,12H2,1-2H3. The summed E-state index contributed by atoms with van der Waals surface area (Å²) in [4.78, 5) is 27.2. The van der Waals surface area contributed by atoms with Gasteiger partial charge in [-0.1, -0.05) is 0 Å². The lowest BCUT2D eigenvalue weighted by atomic mass is 10.2. The second-order valence-corrected chi connectivity index (χ2v) is 6.49. The Kier molecular flexibility index (Phi) is 5.36. The normalized spacial score (nSPS) is 15.4. The molecule has 1 saturated heterocycles. The maximum Gasteiger partial charge on any atom is 0.312 e. The van der Waals surface area contributed by atoms with Gasteiger partial charge in [-0.25, -0.2) is 0 Å². The Morgan fingerprint density at radius 1 is 1.31 bits per heavy atom. The van der Waals surface area contributed by atoms with E-state index in [0.29, 0.717) is 31.0 Å². The molecule has 2 aromatic heterocycles. The summed E-state index contributed by atoms with van der Waals surface area (Å²) in [6.07, 6.45) is 1.95. The second kappa shape index (κ2) is 7.69. The van der Waals surface area contributed by atoms with Crippen LogP contribution in [0, 0.1) is 24.0 Å². The lowest BCUT2D eigenvalue weighted by molar-refractivity contribution is -0.386. The van der Waals surface area contributed by atoms with Crippen molar-refractivity contribution in [3.8, 4) is 0 Å². The molecule has 9 nitrogen and oxygen atoms in total. The molecule has 0 aromatic carbocycles. The van der Waals surface area contributed by atoms with Gasteiger partial charge < -0.3 is 9.32 Å². The Morgan fingerprint density at radius 2 is 2.04 bits per heavy atom. The Morgan fingerprint density at radius 3 is 2.62 bits per heavy atom. The molecule has 3 rings (SSSR count). The zero-order chi connectivity index (χ0) is 18.7. The van der Waals surface area contributed by atoms with Crippen LogP contribution in [0.5, 0.6) is 0 Å². The highest BCUT2D eigenvalue weighted by atomic mass is 16.6. The Labute approximate surface area is 151 Å². The molecular weight excluding hydrogens is 338 g/mol. The van der Waals surface area contributed by atoms with Crippen molar-refractivity contribution in [1.29, 1.82) is 0 Å². The molecule has 0 saturated carbocycles. The lowest BCUT2D eigenvalue weighted by Gasteiger charge is -2.34. The molecule has 1 fully saturated rings. The predicted octanol–water partition coefficient (Wildman–Crippen LogP) is 1.74. The number of carbonyl (C=O) groups is 1. The zero-order valence-electron chi connectivity index (χ0n) is 15.1. The molecule has 0 spiro atoms. The molecule has 0 aliphatic carbocycles. The maximum absolute atomic E-state index is 12.4. The average molecular weight is 361 g/mol. The molecule has 0 atom stereocenters. The van der Waals surface area contributed by atoms with Gasteiger partial charge in [0.15, 0.2) is 0 Å². The SMILES string of the molecule is Cc1nn(CCC(=O)N2CCN(Cc3ccco3)CC2)c(C)c1[N+](=O)[O-]. The molecule has 0 unspecified atom stereocenters. The van der Waals surface area contributed by atoms with Gasteiger partial charge in [0.1, 0.15) is 17.1 Å². The summed E-state index contributed by atoms with van der Waals surface area (Å²) in [5.74, 6) is 0.980. The van der Waals surface area contributed by atoms with E-state index in [1.54, 1.807) is 24.8 Å². The van der Waals surface area contributed by atoms with Crippen LogP contribution in [0.3, 0.4) is 0 Å². The molecule has 0 radical (unpaired) electrons. The lowest BCUT2D eigenvalue weighted by Crippen LogP contribution is -2.48. The van der Waals surface area contributed by atoms with Crippen LogP contribution in [0.15, 0.2) is 22.8 Å². The highest BCUT2D eigenvalue weighted by Gasteiger charge is 2.24. The minimum atomic E-state index is -0.422. The summed E-state index contributed by atoms with van der Waals surface area (Å²) in [5.41, 5.74) is 0.902. The van der Waals surface area contributed by atoms with Crippen molar-refractivity contribution < 1.29 is 14.1 Å². The molecule has 3 heterocycles. The second-order valence-electron chi connectivity index (χ2n) is 6.49. The number of aromatic nitrogens is 2. The molecule has 0 bridgehead atoms. The average Bonchev–Trinajstić information content (AvgIpc) is 3.21. The van der Waals surface area contributed by atoms with Crippen LogP contribution in [-0.2, 0) is 17.9 Å². The number of rotatable bonds is 6. The smallest absolute Gasteiger partial charge is 0.312 e. The summed E-state index contributed by atoms with van der Waals surface area (Å²) < 4.78 is 6.91. The van der Waals surface area contributed by atoms with Crippen LogP contribution in [0.25, 0.3) is 0 Å². The van der Waals surface area contributed by atoms with Crippen LogP contribution in [-0.4, -0.2) is 56.6 Å². The van der Waals surface area contributed by atoms with E-state index in [0.717, 1.165) is 25.4 Å². The van der Waals surface area contributed by atoms with Gasteiger partial charge in [-0.05, 0) is 26.0 Å². The van der Waals surface area contributed by atoms with Crippen molar-refractivity contribution in [3.05, 3.63) is 45.7 Å². The highest BCUT2D eigenvalue weighted by molar-refractivity contribution is 5.76. The van der Waals surface area contributed by atoms with Gasteiger partial charge in [-0.15, -0.1) is 0 Å². The topological polar surface area (TPSA) is 97.7 Å². The third-order valence-electron chi connectivity index (χ3n) is 4.75. The maximum atomic E-state index is 12.4.